The lowest BCUT2D eigenvalue weighted by Gasteiger charge is -2.60. The lowest BCUT2D eigenvalue weighted by molar-refractivity contribution is -0.180. The number of aliphatic hydroxyl groups excluding tert-OH is 1. The normalized spacial score (nSPS) is 28.5. The highest BCUT2D eigenvalue weighted by molar-refractivity contribution is 6.33. The van der Waals surface area contributed by atoms with Crippen molar-refractivity contribution in [2.24, 2.45) is 22.7 Å². The van der Waals surface area contributed by atoms with Crippen molar-refractivity contribution in [2.75, 3.05) is 0 Å². The van der Waals surface area contributed by atoms with Gasteiger partial charge in [0, 0.05) is 16.4 Å². The number of phenolic OH excluding ortho intramolecular Hbond substituents is 1. The average molecular weight is 597 g/mol. The summed E-state index contributed by atoms with van der Waals surface area (Å²) >= 11 is 0. The van der Waals surface area contributed by atoms with Gasteiger partial charge in [0.15, 0.2) is 11.4 Å². The number of aliphatic hydroxyl groups is 2. The predicted molar refractivity (Wildman–Crippen MR) is 172 cm³/mol. The van der Waals surface area contributed by atoms with Gasteiger partial charge in [-0.15, -0.1) is 0 Å². The van der Waals surface area contributed by atoms with Crippen molar-refractivity contribution in [1.82, 2.24) is 0 Å². The summed E-state index contributed by atoms with van der Waals surface area (Å²) in [5, 5.41) is 34.9. The van der Waals surface area contributed by atoms with Gasteiger partial charge in [0.2, 0.25) is 11.6 Å². The molecular formula is C38H44O6. The van der Waals surface area contributed by atoms with E-state index in [4.69, 9.17) is 0 Å². The van der Waals surface area contributed by atoms with E-state index in [0.29, 0.717) is 24.0 Å². The van der Waals surface area contributed by atoms with E-state index in [-0.39, 0.29) is 34.8 Å². The number of aryl methyl sites for hydroxylation is 2. The molecule has 6 heteroatoms. The van der Waals surface area contributed by atoms with E-state index in [1.165, 1.54) is 29.7 Å². The molecule has 0 unspecified atom stereocenters. The van der Waals surface area contributed by atoms with Crippen LogP contribution >= 0.6 is 0 Å². The smallest absolute Gasteiger partial charge is 0.206 e. The Labute approximate surface area is 260 Å². The molecule has 2 aromatic rings. The molecule has 2 aromatic carbocycles. The van der Waals surface area contributed by atoms with E-state index in [2.05, 4.69) is 38.1 Å². The van der Waals surface area contributed by atoms with Gasteiger partial charge in [-0.2, -0.15) is 0 Å². The molecule has 3 aliphatic carbocycles. The van der Waals surface area contributed by atoms with E-state index in [9.17, 15) is 29.7 Å². The Morgan fingerprint density at radius 3 is 2.36 bits per heavy atom. The van der Waals surface area contributed by atoms with Gasteiger partial charge >= 0.3 is 0 Å². The third kappa shape index (κ3) is 4.36. The number of rotatable bonds is 6. The van der Waals surface area contributed by atoms with Crippen LogP contribution in [-0.2, 0) is 33.6 Å². The second-order valence-corrected chi connectivity index (χ2v) is 14.0. The molecule has 6 nitrogen and oxygen atoms in total. The summed E-state index contributed by atoms with van der Waals surface area (Å²) in [5.74, 6) is -3.39. The number of hydrogen-bond donors (Lipinski definition) is 3. The van der Waals surface area contributed by atoms with E-state index in [1.807, 2.05) is 32.9 Å². The molecule has 5 rings (SSSR count). The summed E-state index contributed by atoms with van der Waals surface area (Å²) in [6.45, 7) is 14.9. The molecule has 0 bridgehead atoms. The van der Waals surface area contributed by atoms with Crippen molar-refractivity contribution < 1.29 is 29.7 Å². The number of fused-ring (bicyclic) bond motifs is 3. The van der Waals surface area contributed by atoms with Gasteiger partial charge in [0.05, 0.1) is 11.1 Å². The van der Waals surface area contributed by atoms with Crippen LogP contribution < -0.4 is 0 Å². The van der Waals surface area contributed by atoms with Crippen LogP contribution in [0.2, 0.25) is 0 Å². The number of Topliss-reactive ketones (excluding diaryl/α,β-unsaturated/α-hetero) is 3. The Bertz CT molecular complexity index is 1700. The van der Waals surface area contributed by atoms with Crippen molar-refractivity contribution in [3.8, 4) is 5.75 Å². The van der Waals surface area contributed by atoms with Gasteiger partial charge in [0.25, 0.3) is 0 Å². The average Bonchev–Trinajstić information content (AvgIpc) is 2.92. The standard InChI is InChI=1S/C38H44O6/c1-9-25-17-24(14-13-21(25)4)11-10-12-26-15-16-28(40)30-27(26)18-36(7)19-37(8)31(20(2)3)22(5)29(23(6)39)34(42)38(37,44)35(43)32(36)33(30)41/h10,12-17,20,31,40-41,44H,9,11,18-19H2,1-8H3/b12-10-/t31-,36+,37+,38-/m1/s1. The van der Waals surface area contributed by atoms with Gasteiger partial charge < -0.3 is 15.3 Å². The number of carbonyl (C=O) groups is 3. The van der Waals surface area contributed by atoms with E-state index in [1.54, 1.807) is 13.8 Å². The second kappa shape index (κ2) is 10.7. The van der Waals surface area contributed by atoms with Crippen molar-refractivity contribution in [3.63, 3.8) is 0 Å². The Morgan fingerprint density at radius 1 is 1.07 bits per heavy atom. The summed E-state index contributed by atoms with van der Waals surface area (Å²) in [6.07, 6.45) is 6.26. The molecule has 0 heterocycles. The van der Waals surface area contributed by atoms with Crippen LogP contribution in [0.5, 0.6) is 5.75 Å². The lowest BCUT2D eigenvalue weighted by atomic mass is 9.42. The molecule has 0 radical (unpaired) electrons. The maximum atomic E-state index is 14.5. The fourth-order valence-corrected chi connectivity index (χ4v) is 8.98. The Hall–Kier alpha value is -3.77. The number of aromatic hydroxyl groups is 1. The second-order valence-electron chi connectivity index (χ2n) is 14.0. The fourth-order valence-electron chi connectivity index (χ4n) is 8.98. The van der Waals surface area contributed by atoms with Gasteiger partial charge in [-0.05, 0) is 92.2 Å². The van der Waals surface area contributed by atoms with Crippen molar-refractivity contribution in [1.29, 1.82) is 0 Å². The molecule has 3 N–H and O–H groups in total. The molecule has 0 saturated heterocycles. The number of carbonyl (C=O) groups excluding carboxylic acids is 3. The largest absolute Gasteiger partial charge is 0.507 e. The Kier molecular flexibility index (Phi) is 7.69. The molecule has 4 atom stereocenters. The van der Waals surface area contributed by atoms with Crippen molar-refractivity contribution in [3.05, 3.63) is 86.5 Å². The van der Waals surface area contributed by atoms with Crippen LogP contribution in [0.3, 0.4) is 0 Å². The first-order valence-electron chi connectivity index (χ1n) is 15.6. The van der Waals surface area contributed by atoms with Gasteiger partial charge in [-0.1, -0.05) is 76.6 Å². The predicted octanol–water partition coefficient (Wildman–Crippen LogP) is 6.82. The summed E-state index contributed by atoms with van der Waals surface area (Å²) in [4.78, 5) is 41.1. The summed E-state index contributed by atoms with van der Waals surface area (Å²) in [5.41, 5.74) is 1.14. The van der Waals surface area contributed by atoms with Crippen LogP contribution in [0.15, 0.2) is 53.1 Å². The zero-order valence-electron chi connectivity index (χ0n) is 27.1. The molecule has 0 amide bonds. The van der Waals surface area contributed by atoms with E-state index < -0.39 is 45.5 Å². The maximum Gasteiger partial charge on any atom is 0.206 e. The van der Waals surface area contributed by atoms with Crippen LogP contribution in [0, 0.1) is 29.6 Å². The minimum atomic E-state index is -2.53. The third-order valence-corrected chi connectivity index (χ3v) is 10.7. The van der Waals surface area contributed by atoms with Gasteiger partial charge in [-0.3, -0.25) is 14.4 Å². The molecule has 44 heavy (non-hydrogen) atoms. The first-order valence-corrected chi connectivity index (χ1v) is 15.6. The highest BCUT2D eigenvalue weighted by Gasteiger charge is 2.72. The summed E-state index contributed by atoms with van der Waals surface area (Å²) in [7, 11) is 0. The molecule has 0 aromatic heterocycles. The molecule has 3 aliphatic rings. The van der Waals surface area contributed by atoms with E-state index >= 15 is 0 Å². The van der Waals surface area contributed by atoms with Gasteiger partial charge in [-0.25, -0.2) is 0 Å². The van der Waals surface area contributed by atoms with Crippen LogP contribution in [0.1, 0.15) is 88.3 Å². The molecule has 0 spiro atoms. The minimum absolute atomic E-state index is 0.0635. The Balaban J connectivity index is 1.64. The first-order chi connectivity index (χ1) is 20.5. The third-order valence-electron chi connectivity index (χ3n) is 10.7. The van der Waals surface area contributed by atoms with Gasteiger partial charge in [0.1, 0.15) is 11.5 Å². The van der Waals surface area contributed by atoms with E-state index in [0.717, 1.165) is 12.0 Å². The number of benzene rings is 2. The highest BCUT2D eigenvalue weighted by Crippen LogP contribution is 2.65. The minimum Gasteiger partial charge on any atom is -0.507 e. The molecule has 1 saturated carbocycles. The maximum absolute atomic E-state index is 14.5. The first kappa shape index (κ1) is 31.6. The molecule has 1 fully saturated rings. The Morgan fingerprint density at radius 2 is 1.75 bits per heavy atom. The topological polar surface area (TPSA) is 112 Å². The monoisotopic (exact) mass is 596 g/mol. The highest BCUT2D eigenvalue weighted by atomic mass is 16.3. The number of hydrogen-bond acceptors (Lipinski definition) is 6. The van der Waals surface area contributed by atoms with Crippen molar-refractivity contribution in [2.45, 2.75) is 86.7 Å². The summed E-state index contributed by atoms with van der Waals surface area (Å²) < 4.78 is 0. The quantitative estimate of drug-likeness (QED) is 0.249. The zero-order valence-corrected chi connectivity index (χ0v) is 27.1. The van der Waals surface area contributed by atoms with Crippen LogP contribution in [0.25, 0.3) is 11.8 Å². The van der Waals surface area contributed by atoms with Crippen molar-refractivity contribution >= 4 is 29.2 Å². The number of allylic oxidation sites excluding steroid dienone is 2. The number of ketones is 3. The number of phenols is 1. The molecule has 0 aliphatic heterocycles. The lowest BCUT2D eigenvalue weighted by Crippen LogP contribution is -2.70. The molecule has 232 valence electrons. The van der Waals surface area contributed by atoms with Crippen LogP contribution in [0.4, 0.5) is 0 Å². The fraction of sp³-hybridized carbons (Fsp3) is 0.447. The zero-order chi connectivity index (χ0) is 32.5. The summed E-state index contributed by atoms with van der Waals surface area (Å²) in [6, 6.07) is 9.77. The SMILES string of the molecule is CCc1cc(C/C=C\c2ccc(O)c3c2C[C@@]2(C)C[C@@]4(C)[C@H](C(C)C)C(C)=C(C(C)=O)C(=O)[C@@]4(O)C(=O)C2=C3O)ccc1C. The molecular weight excluding hydrogens is 552 g/mol. The van der Waals surface area contributed by atoms with Crippen LogP contribution in [-0.4, -0.2) is 38.3 Å².